The van der Waals surface area contributed by atoms with Crippen molar-refractivity contribution in [2.24, 2.45) is 0 Å². The summed E-state index contributed by atoms with van der Waals surface area (Å²) < 4.78 is 0. The van der Waals surface area contributed by atoms with Gasteiger partial charge >= 0.3 is 0 Å². The molecule has 0 amide bonds. The van der Waals surface area contributed by atoms with Gasteiger partial charge in [0.15, 0.2) is 0 Å². The number of thiophene rings is 1. The van der Waals surface area contributed by atoms with Crippen molar-refractivity contribution in [2.75, 3.05) is 6.54 Å². The zero-order chi connectivity index (χ0) is 13.3. The number of aromatic nitrogens is 1. The molecule has 2 aromatic rings. The normalized spacial score (nSPS) is 12.5. The van der Waals surface area contributed by atoms with Crippen LogP contribution < -0.4 is 5.32 Å². The first kappa shape index (κ1) is 14.2. The van der Waals surface area contributed by atoms with Gasteiger partial charge in [0, 0.05) is 23.3 Å². The van der Waals surface area contributed by atoms with Crippen molar-refractivity contribution in [1.29, 1.82) is 0 Å². The Morgan fingerprint density at radius 3 is 2.79 bits per heavy atom. The maximum absolute atomic E-state index is 4.08. The number of rotatable bonds is 8. The van der Waals surface area contributed by atoms with E-state index in [4.69, 9.17) is 0 Å². The molecular weight excluding hydrogens is 252 g/mol. The van der Waals surface area contributed by atoms with Gasteiger partial charge in [-0.25, -0.2) is 0 Å². The van der Waals surface area contributed by atoms with Gasteiger partial charge in [0.1, 0.15) is 0 Å². The zero-order valence-corrected chi connectivity index (χ0v) is 12.3. The minimum atomic E-state index is 0.560. The fourth-order valence-electron chi connectivity index (χ4n) is 2.20. The summed E-state index contributed by atoms with van der Waals surface area (Å²) in [6.07, 6.45) is 8.41. The maximum Gasteiger partial charge on any atom is 0.0270 e. The van der Waals surface area contributed by atoms with Gasteiger partial charge in [0.05, 0.1) is 0 Å². The SMILES string of the molecule is CCCNC(CCc1cccs1)Cc1ccncc1. The Morgan fingerprint density at radius 2 is 2.11 bits per heavy atom. The molecule has 0 bridgehead atoms. The van der Waals surface area contributed by atoms with Gasteiger partial charge in [-0.3, -0.25) is 4.98 Å². The Balaban J connectivity index is 1.87. The molecule has 0 fully saturated rings. The Labute approximate surface area is 119 Å². The molecule has 2 rings (SSSR count). The summed E-state index contributed by atoms with van der Waals surface area (Å²) >= 11 is 1.86. The molecule has 0 aliphatic heterocycles. The van der Waals surface area contributed by atoms with Crippen molar-refractivity contribution in [3.05, 3.63) is 52.5 Å². The van der Waals surface area contributed by atoms with E-state index in [0.29, 0.717) is 6.04 Å². The largest absolute Gasteiger partial charge is 0.314 e. The molecule has 2 aromatic heterocycles. The number of nitrogens with one attached hydrogen (secondary N) is 1. The van der Waals surface area contributed by atoms with Crippen LogP contribution in [0, 0.1) is 0 Å². The predicted octanol–water partition coefficient (Wildman–Crippen LogP) is 3.69. The molecule has 0 aromatic carbocycles. The smallest absolute Gasteiger partial charge is 0.0270 e. The van der Waals surface area contributed by atoms with Crippen molar-refractivity contribution < 1.29 is 0 Å². The highest BCUT2D eigenvalue weighted by Gasteiger charge is 2.09. The van der Waals surface area contributed by atoms with Crippen LogP contribution >= 0.6 is 11.3 Å². The summed E-state index contributed by atoms with van der Waals surface area (Å²) in [5.41, 5.74) is 1.37. The highest BCUT2D eigenvalue weighted by atomic mass is 32.1. The van der Waals surface area contributed by atoms with Crippen LogP contribution in [0.4, 0.5) is 0 Å². The summed E-state index contributed by atoms with van der Waals surface area (Å²) in [6.45, 7) is 3.32. The minimum Gasteiger partial charge on any atom is -0.314 e. The second-order valence-electron chi connectivity index (χ2n) is 4.83. The summed E-state index contributed by atoms with van der Waals surface area (Å²) in [4.78, 5) is 5.57. The quantitative estimate of drug-likeness (QED) is 0.794. The molecular formula is C16H22N2S. The molecule has 0 saturated heterocycles. The van der Waals surface area contributed by atoms with E-state index in [1.54, 1.807) is 0 Å². The molecule has 0 aliphatic carbocycles. The lowest BCUT2D eigenvalue weighted by atomic mass is 10.0. The molecule has 1 unspecified atom stereocenters. The van der Waals surface area contributed by atoms with Crippen LogP contribution in [0.15, 0.2) is 42.0 Å². The molecule has 19 heavy (non-hydrogen) atoms. The van der Waals surface area contributed by atoms with Gasteiger partial charge in [0.25, 0.3) is 0 Å². The van der Waals surface area contributed by atoms with Crippen LogP contribution in [0.25, 0.3) is 0 Å². The monoisotopic (exact) mass is 274 g/mol. The molecule has 0 radical (unpaired) electrons. The Hall–Kier alpha value is -1.19. The maximum atomic E-state index is 4.08. The molecule has 0 aliphatic rings. The Morgan fingerprint density at radius 1 is 1.26 bits per heavy atom. The highest BCUT2D eigenvalue weighted by molar-refractivity contribution is 7.09. The molecule has 102 valence electrons. The van der Waals surface area contributed by atoms with Gasteiger partial charge in [-0.1, -0.05) is 13.0 Å². The van der Waals surface area contributed by atoms with Crippen LogP contribution in [0.2, 0.25) is 0 Å². The highest BCUT2D eigenvalue weighted by Crippen LogP contribution is 2.14. The third-order valence-corrected chi connectivity index (χ3v) is 4.17. The summed E-state index contributed by atoms with van der Waals surface area (Å²) in [5, 5.41) is 5.82. The van der Waals surface area contributed by atoms with Crippen LogP contribution in [-0.4, -0.2) is 17.6 Å². The summed E-state index contributed by atoms with van der Waals surface area (Å²) in [5.74, 6) is 0. The number of pyridine rings is 1. The van der Waals surface area contributed by atoms with Gasteiger partial charge in [-0.15, -0.1) is 11.3 Å². The lowest BCUT2D eigenvalue weighted by Gasteiger charge is -2.18. The van der Waals surface area contributed by atoms with Crippen molar-refractivity contribution in [2.45, 2.75) is 38.6 Å². The second-order valence-corrected chi connectivity index (χ2v) is 5.86. The molecule has 1 N–H and O–H groups in total. The summed E-state index contributed by atoms with van der Waals surface area (Å²) in [7, 11) is 0. The summed E-state index contributed by atoms with van der Waals surface area (Å²) in [6, 6.07) is 9.16. The molecule has 3 heteroatoms. The van der Waals surface area contributed by atoms with Gasteiger partial charge in [-0.2, -0.15) is 0 Å². The Kier molecular flexibility index (Phi) is 6.05. The average Bonchev–Trinajstić information content (AvgIpc) is 2.96. The molecule has 1 atom stereocenters. The average molecular weight is 274 g/mol. The number of hydrogen-bond donors (Lipinski definition) is 1. The Bertz CT molecular complexity index is 439. The number of hydrogen-bond acceptors (Lipinski definition) is 3. The standard InChI is InChI=1S/C16H22N2S/c1-2-9-18-15(5-6-16-4-3-12-19-16)13-14-7-10-17-11-8-14/h3-4,7-8,10-12,15,18H,2,5-6,9,13H2,1H3. The van der Waals surface area contributed by atoms with E-state index in [-0.39, 0.29) is 0 Å². The number of aryl methyl sites for hydroxylation is 1. The van der Waals surface area contributed by atoms with E-state index in [9.17, 15) is 0 Å². The lowest BCUT2D eigenvalue weighted by molar-refractivity contribution is 0.478. The molecule has 0 saturated carbocycles. The van der Waals surface area contributed by atoms with Crippen molar-refractivity contribution in [3.8, 4) is 0 Å². The van der Waals surface area contributed by atoms with Crippen LogP contribution in [0.1, 0.15) is 30.2 Å². The van der Waals surface area contributed by atoms with Crippen molar-refractivity contribution in [3.63, 3.8) is 0 Å². The fraction of sp³-hybridized carbons (Fsp3) is 0.438. The van der Waals surface area contributed by atoms with E-state index in [1.807, 2.05) is 23.7 Å². The van der Waals surface area contributed by atoms with E-state index in [1.165, 1.54) is 29.7 Å². The second kappa shape index (κ2) is 8.08. The topological polar surface area (TPSA) is 24.9 Å². The van der Waals surface area contributed by atoms with Crippen LogP contribution in [-0.2, 0) is 12.8 Å². The van der Waals surface area contributed by atoms with Crippen LogP contribution in [0.3, 0.4) is 0 Å². The lowest BCUT2D eigenvalue weighted by Crippen LogP contribution is -2.32. The third-order valence-electron chi connectivity index (χ3n) is 3.23. The van der Waals surface area contributed by atoms with E-state index in [2.05, 4.69) is 46.9 Å². The van der Waals surface area contributed by atoms with Crippen LogP contribution in [0.5, 0.6) is 0 Å². The molecule has 2 nitrogen and oxygen atoms in total. The van der Waals surface area contributed by atoms with E-state index >= 15 is 0 Å². The molecule has 0 spiro atoms. The number of nitrogens with zero attached hydrogens (tertiary/aromatic N) is 1. The fourth-order valence-corrected chi connectivity index (χ4v) is 2.92. The van der Waals surface area contributed by atoms with Gasteiger partial charge < -0.3 is 5.32 Å². The van der Waals surface area contributed by atoms with Gasteiger partial charge in [-0.05, 0) is 61.4 Å². The first-order valence-corrected chi connectivity index (χ1v) is 7.91. The molecule has 2 heterocycles. The third kappa shape index (κ3) is 5.13. The van der Waals surface area contributed by atoms with E-state index < -0.39 is 0 Å². The predicted molar refractivity (Wildman–Crippen MR) is 82.7 cm³/mol. The zero-order valence-electron chi connectivity index (χ0n) is 11.5. The van der Waals surface area contributed by atoms with Crippen molar-refractivity contribution in [1.82, 2.24) is 10.3 Å². The van der Waals surface area contributed by atoms with Crippen molar-refractivity contribution >= 4 is 11.3 Å². The first-order chi connectivity index (χ1) is 9.38. The first-order valence-electron chi connectivity index (χ1n) is 7.03. The van der Waals surface area contributed by atoms with E-state index in [0.717, 1.165) is 13.0 Å². The van der Waals surface area contributed by atoms with Gasteiger partial charge in [0.2, 0.25) is 0 Å². The minimum absolute atomic E-state index is 0.560.